The molecule has 5 nitrogen and oxygen atoms in total. The van der Waals surface area contributed by atoms with Crippen LogP contribution in [0.25, 0.3) is 5.65 Å². The molecule has 0 fully saturated rings. The Kier molecular flexibility index (Phi) is 3.31. The van der Waals surface area contributed by atoms with Crippen LogP contribution in [0, 0.1) is 11.3 Å². The number of nitriles is 1. The van der Waals surface area contributed by atoms with Gasteiger partial charge in [-0.2, -0.15) is 5.26 Å². The molecule has 2 rings (SSSR count). The molecule has 1 N–H and O–H groups in total. The first-order valence-corrected chi connectivity index (χ1v) is 6.20. The topological polar surface area (TPSA) is 66.0 Å². The van der Waals surface area contributed by atoms with E-state index in [9.17, 15) is 0 Å². The van der Waals surface area contributed by atoms with Crippen molar-refractivity contribution in [3.8, 4) is 6.07 Å². The monoisotopic (exact) mass is 247 g/mol. The first-order chi connectivity index (χ1) is 8.18. The van der Waals surface area contributed by atoms with E-state index in [1.54, 1.807) is 7.05 Å². The van der Waals surface area contributed by atoms with Gasteiger partial charge in [0.05, 0.1) is 6.07 Å². The second-order valence-electron chi connectivity index (χ2n) is 3.89. The molecule has 0 radical (unpaired) electrons. The van der Waals surface area contributed by atoms with E-state index in [4.69, 9.17) is 5.26 Å². The lowest BCUT2D eigenvalue weighted by Crippen LogP contribution is -2.40. The minimum atomic E-state index is -0.550. The molecule has 0 aliphatic heterocycles. The molecule has 0 aromatic carbocycles. The van der Waals surface area contributed by atoms with Crippen molar-refractivity contribution in [2.75, 3.05) is 12.8 Å². The average Bonchev–Trinajstić information content (AvgIpc) is 2.79. The van der Waals surface area contributed by atoms with Crippen LogP contribution < -0.4 is 5.32 Å². The van der Waals surface area contributed by atoms with E-state index in [2.05, 4.69) is 21.6 Å². The van der Waals surface area contributed by atoms with Gasteiger partial charge in [0.25, 0.3) is 0 Å². The molecule has 2 heterocycles. The molecular formula is C11H13N5S. The van der Waals surface area contributed by atoms with Gasteiger partial charge >= 0.3 is 0 Å². The summed E-state index contributed by atoms with van der Waals surface area (Å²) in [5.41, 5.74) is 0.267. The summed E-state index contributed by atoms with van der Waals surface area (Å²) in [6.45, 7) is 1.86. The lowest BCUT2D eigenvalue weighted by atomic mass is 10.1. The van der Waals surface area contributed by atoms with Crippen molar-refractivity contribution in [1.82, 2.24) is 19.9 Å². The van der Waals surface area contributed by atoms with E-state index in [-0.39, 0.29) is 0 Å². The number of hydrogen-bond acceptors (Lipinski definition) is 5. The molecule has 1 atom stereocenters. The molecule has 0 bridgehead atoms. The predicted octanol–water partition coefficient (Wildman–Crippen LogP) is 1.32. The first kappa shape index (κ1) is 11.9. The maximum atomic E-state index is 9.06. The lowest BCUT2D eigenvalue weighted by molar-refractivity contribution is 0.550. The van der Waals surface area contributed by atoms with E-state index in [1.165, 1.54) is 11.8 Å². The molecule has 88 valence electrons. The minimum Gasteiger partial charge on any atom is -0.302 e. The molecule has 0 amide bonds. The average molecular weight is 247 g/mol. The normalized spacial score (nSPS) is 14.4. The summed E-state index contributed by atoms with van der Waals surface area (Å²) in [7, 11) is 1.78. The summed E-state index contributed by atoms with van der Waals surface area (Å²) < 4.78 is 1.91. The largest absolute Gasteiger partial charge is 0.302 e. The van der Waals surface area contributed by atoms with Gasteiger partial charge in [0, 0.05) is 11.9 Å². The quantitative estimate of drug-likeness (QED) is 0.825. The van der Waals surface area contributed by atoms with E-state index in [0.29, 0.717) is 5.75 Å². The number of nitrogens with zero attached hydrogens (tertiary/aromatic N) is 4. The zero-order chi connectivity index (χ0) is 12.3. The third kappa shape index (κ3) is 2.40. The molecule has 6 heteroatoms. The summed E-state index contributed by atoms with van der Waals surface area (Å²) in [4.78, 5) is 0. The van der Waals surface area contributed by atoms with Gasteiger partial charge in [0.1, 0.15) is 5.54 Å². The summed E-state index contributed by atoms with van der Waals surface area (Å²) >= 11 is 1.52. The Labute approximate surface area is 104 Å². The summed E-state index contributed by atoms with van der Waals surface area (Å²) in [5, 5.41) is 21.0. The van der Waals surface area contributed by atoms with E-state index >= 15 is 0 Å². The molecule has 0 saturated carbocycles. The van der Waals surface area contributed by atoms with Gasteiger partial charge in [-0.1, -0.05) is 17.8 Å². The fourth-order valence-corrected chi connectivity index (χ4v) is 2.31. The summed E-state index contributed by atoms with van der Waals surface area (Å²) in [6.07, 6.45) is 1.92. The SMILES string of the molecule is CNC(C)(C#N)CSc1nnc2ccccn12. The number of aromatic nitrogens is 3. The molecule has 0 spiro atoms. The smallest absolute Gasteiger partial charge is 0.195 e. The molecule has 0 saturated heterocycles. The van der Waals surface area contributed by atoms with Crippen LogP contribution in [0.5, 0.6) is 0 Å². The van der Waals surface area contributed by atoms with Crippen molar-refractivity contribution >= 4 is 17.4 Å². The van der Waals surface area contributed by atoms with Gasteiger partial charge in [-0.15, -0.1) is 10.2 Å². The zero-order valence-corrected chi connectivity index (χ0v) is 10.5. The van der Waals surface area contributed by atoms with Crippen molar-refractivity contribution in [2.45, 2.75) is 17.6 Å². The Morgan fingerprint density at radius 2 is 2.35 bits per heavy atom. The minimum absolute atomic E-state index is 0.550. The zero-order valence-electron chi connectivity index (χ0n) is 9.71. The first-order valence-electron chi connectivity index (χ1n) is 5.21. The van der Waals surface area contributed by atoms with Crippen LogP contribution in [0.4, 0.5) is 0 Å². The highest BCUT2D eigenvalue weighted by atomic mass is 32.2. The Morgan fingerprint density at radius 1 is 1.53 bits per heavy atom. The summed E-state index contributed by atoms with van der Waals surface area (Å²) in [6, 6.07) is 8.01. The Morgan fingerprint density at radius 3 is 3.06 bits per heavy atom. The van der Waals surface area contributed by atoms with Crippen LogP contribution in [-0.2, 0) is 0 Å². The van der Waals surface area contributed by atoms with Crippen LogP contribution in [0.15, 0.2) is 29.6 Å². The van der Waals surface area contributed by atoms with Gasteiger partial charge in [-0.05, 0) is 26.1 Å². The number of rotatable bonds is 4. The Hall–Kier alpha value is -1.58. The third-order valence-corrected chi connectivity index (χ3v) is 3.83. The van der Waals surface area contributed by atoms with Crippen LogP contribution >= 0.6 is 11.8 Å². The molecule has 0 aliphatic rings. The number of pyridine rings is 1. The Bertz CT molecular complexity index is 558. The predicted molar refractivity (Wildman–Crippen MR) is 66.8 cm³/mol. The fraction of sp³-hybridized carbons (Fsp3) is 0.364. The van der Waals surface area contributed by atoms with Gasteiger partial charge in [-0.3, -0.25) is 4.40 Å². The van der Waals surface area contributed by atoms with Gasteiger partial charge in [0.15, 0.2) is 10.8 Å². The number of nitrogens with one attached hydrogen (secondary N) is 1. The number of thioether (sulfide) groups is 1. The van der Waals surface area contributed by atoms with Crippen LogP contribution in [0.3, 0.4) is 0 Å². The van der Waals surface area contributed by atoms with Gasteiger partial charge < -0.3 is 5.32 Å². The summed E-state index contributed by atoms with van der Waals surface area (Å²) in [5.74, 6) is 0.621. The third-order valence-electron chi connectivity index (χ3n) is 2.57. The van der Waals surface area contributed by atoms with Gasteiger partial charge in [-0.25, -0.2) is 0 Å². The maximum Gasteiger partial charge on any atom is 0.195 e. The van der Waals surface area contributed by atoms with E-state index < -0.39 is 5.54 Å². The van der Waals surface area contributed by atoms with E-state index in [0.717, 1.165) is 10.8 Å². The highest BCUT2D eigenvalue weighted by molar-refractivity contribution is 7.99. The van der Waals surface area contributed by atoms with Gasteiger partial charge in [0.2, 0.25) is 0 Å². The highest BCUT2D eigenvalue weighted by Gasteiger charge is 2.22. The molecule has 17 heavy (non-hydrogen) atoms. The van der Waals surface area contributed by atoms with Crippen LogP contribution in [0.1, 0.15) is 6.92 Å². The fourth-order valence-electron chi connectivity index (χ4n) is 1.29. The second kappa shape index (κ2) is 4.73. The molecule has 2 aromatic rings. The van der Waals surface area contributed by atoms with Crippen molar-refractivity contribution in [2.24, 2.45) is 0 Å². The Balaban J connectivity index is 2.18. The van der Waals surface area contributed by atoms with Crippen molar-refractivity contribution in [3.05, 3.63) is 24.4 Å². The lowest BCUT2D eigenvalue weighted by Gasteiger charge is -2.19. The molecule has 2 aromatic heterocycles. The van der Waals surface area contributed by atoms with Crippen LogP contribution in [0.2, 0.25) is 0 Å². The van der Waals surface area contributed by atoms with E-state index in [1.807, 2.05) is 35.7 Å². The van der Waals surface area contributed by atoms with Crippen molar-refractivity contribution in [1.29, 1.82) is 5.26 Å². The van der Waals surface area contributed by atoms with Crippen molar-refractivity contribution < 1.29 is 0 Å². The van der Waals surface area contributed by atoms with Crippen molar-refractivity contribution in [3.63, 3.8) is 0 Å². The highest BCUT2D eigenvalue weighted by Crippen LogP contribution is 2.21. The second-order valence-corrected chi connectivity index (χ2v) is 4.84. The maximum absolute atomic E-state index is 9.06. The standard InChI is InChI=1S/C11H13N5S/c1-11(7-12,13-2)8-17-10-15-14-9-5-3-4-6-16(9)10/h3-6,13H,8H2,1-2H3. The molecular weight excluding hydrogens is 234 g/mol. The number of hydrogen-bond donors (Lipinski definition) is 1. The number of fused-ring (bicyclic) bond motifs is 1. The molecule has 0 aliphatic carbocycles. The molecule has 1 unspecified atom stereocenters. The van der Waals surface area contributed by atoms with Crippen LogP contribution in [-0.4, -0.2) is 32.9 Å².